The Morgan fingerprint density at radius 2 is 1.84 bits per heavy atom. The van der Waals surface area contributed by atoms with E-state index >= 15 is 0 Å². The quantitative estimate of drug-likeness (QED) is 0.360. The molecular formula is C28H29FN8O. The lowest BCUT2D eigenvalue weighted by Gasteiger charge is -2.27. The largest absolute Gasteiger partial charge is 0.353 e. The van der Waals surface area contributed by atoms with Gasteiger partial charge >= 0.3 is 5.69 Å². The number of imidazole rings is 1. The molecule has 1 fully saturated rings. The first-order valence-electron chi connectivity index (χ1n) is 12.8. The number of fused-ring (bicyclic) bond motifs is 1. The summed E-state index contributed by atoms with van der Waals surface area (Å²) in [5.74, 6) is 1.03. The van der Waals surface area contributed by atoms with Crippen LogP contribution in [0.15, 0.2) is 65.7 Å². The highest BCUT2D eigenvalue weighted by molar-refractivity contribution is 5.74. The van der Waals surface area contributed by atoms with Crippen molar-refractivity contribution in [1.82, 2.24) is 34.6 Å². The number of halogens is 1. The Hall–Kier alpha value is -4.31. The highest BCUT2D eigenvalue weighted by atomic mass is 19.1. The predicted octanol–water partition coefficient (Wildman–Crippen LogP) is 3.69. The molecule has 2 aromatic carbocycles. The van der Waals surface area contributed by atoms with E-state index in [9.17, 15) is 9.18 Å². The second-order valence-electron chi connectivity index (χ2n) is 9.82. The normalized spacial score (nSPS) is 14.1. The molecule has 38 heavy (non-hydrogen) atoms. The van der Waals surface area contributed by atoms with Crippen molar-refractivity contribution in [2.45, 2.75) is 26.3 Å². The van der Waals surface area contributed by atoms with Crippen LogP contribution in [0.3, 0.4) is 0 Å². The minimum atomic E-state index is -0.287. The van der Waals surface area contributed by atoms with Crippen LogP contribution in [0.5, 0.6) is 0 Å². The molecule has 1 saturated heterocycles. The number of rotatable bonds is 6. The standard InChI is InChI=1S/C28H29FN8O/c1-18(2)25-21(4-3-5-22(25)29)26-31-16-23-27(33-26)36(28(38)32-23)17-19-6-8-20(9-7-19)37-13-10-24(34-37)35-14-11-30-12-15-35/h3-10,13,16,18,30H,11-12,14-15,17H2,1-2H3,(H,32,38). The predicted molar refractivity (Wildman–Crippen MR) is 145 cm³/mol. The van der Waals surface area contributed by atoms with Crippen molar-refractivity contribution < 1.29 is 4.39 Å². The lowest BCUT2D eigenvalue weighted by molar-refractivity contribution is 0.583. The number of aromatic amines is 1. The van der Waals surface area contributed by atoms with Crippen molar-refractivity contribution in [3.63, 3.8) is 0 Å². The van der Waals surface area contributed by atoms with Crippen LogP contribution in [0.1, 0.15) is 30.9 Å². The van der Waals surface area contributed by atoms with Gasteiger partial charge in [-0.2, -0.15) is 5.10 Å². The topological polar surface area (TPSA) is 96.7 Å². The number of benzene rings is 2. The van der Waals surface area contributed by atoms with Gasteiger partial charge in [-0.05, 0) is 29.7 Å². The van der Waals surface area contributed by atoms with Crippen LogP contribution in [0.4, 0.5) is 10.2 Å². The average Bonchev–Trinajstić information content (AvgIpc) is 3.54. The molecule has 3 aromatic heterocycles. The van der Waals surface area contributed by atoms with Gasteiger partial charge in [0.15, 0.2) is 17.3 Å². The molecule has 0 radical (unpaired) electrons. The SMILES string of the molecule is CC(C)c1c(F)cccc1-c1ncc2[nH]c(=O)n(Cc3ccc(-n4ccc(N5CCNCC5)n4)cc3)c2n1. The number of piperazine rings is 1. The van der Waals surface area contributed by atoms with Crippen LogP contribution in [0, 0.1) is 5.82 Å². The van der Waals surface area contributed by atoms with Crippen LogP contribution >= 0.6 is 0 Å². The van der Waals surface area contributed by atoms with Crippen molar-refractivity contribution in [2.24, 2.45) is 0 Å². The zero-order valence-corrected chi connectivity index (χ0v) is 21.4. The molecule has 10 heteroatoms. The van der Waals surface area contributed by atoms with E-state index in [1.165, 1.54) is 6.07 Å². The Bertz CT molecular complexity index is 1640. The number of nitrogens with zero attached hydrogens (tertiary/aromatic N) is 6. The van der Waals surface area contributed by atoms with Crippen molar-refractivity contribution in [2.75, 3.05) is 31.1 Å². The summed E-state index contributed by atoms with van der Waals surface area (Å²) >= 11 is 0. The van der Waals surface area contributed by atoms with Gasteiger partial charge in [-0.1, -0.05) is 38.1 Å². The third-order valence-corrected chi connectivity index (χ3v) is 6.94. The molecule has 9 nitrogen and oxygen atoms in total. The first-order chi connectivity index (χ1) is 18.5. The Labute approximate surface area is 219 Å². The molecule has 0 spiro atoms. The Morgan fingerprint density at radius 1 is 1.05 bits per heavy atom. The Balaban J connectivity index is 1.28. The van der Waals surface area contributed by atoms with E-state index in [1.807, 2.05) is 61.1 Å². The van der Waals surface area contributed by atoms with Gasteiger partial charge < -0.3 is 15.2 Å². The lowest BCUT2D eigenvalue weighted by Crippen LogP contribution is -2.43. The fourth-order valence-corrected chi connectivity index (χ4v) is 5.00. The van der Waals surface area contributed by atoms with Gasteiger partial charge in [0.2, 0.25) is 0 Å². The monoisotopic (exact) mass is 512 g/mol. The highest BCUT2D eigenvalue weighted by Gasteiger charge is 2.18. The van der Waals surface area contributed by atoms with Gasteiger partial charge in [-0.25, -0.2) is 23.8 Å². The number of aromatic nitrogens is 6. The molecule has 1 aliphatic heterocycles. The average molecular weight is 513 g/mol. The molecule has 0 saturated carbocycles. The molecule has 4 heterocycles. The number of H-pyrrole nitrogens is 1. The van der Waals surface area contributed by atoms with Gasteiger partial charge in [-0.3, -0.25) is 4.57 Å². The summed E-state index contributed by atoms with van der Waals surface area (Å²) in [7, 11) is 0. The summed E-state index contributed by atoms with van der Waals surface area (Å²) in [6, 6.07) is 14.9. The second kappa shape index (κ2) is 9.86. The number of hydrogen-bond donors (Lipinski definition) is 2. The van der Waals surface area contributed by atoms with Gasteiger partial charge in [0.05, 0.1) is 18.4 Å². The molecule has 194 valence electrons. The van der Waals surface area contributed by atoms with E-state index in [0.717, 1.165) is 43.2 Å². The highest BCUT2D eigenvalue weighted by Crippen LogP contribution is 2.30. The van der Waals surface area contributed by atoms with E-state index in [1.54, 1.807) is 16.8 Å². The van der Waals surface area contributed by atoms with Gasteiger partial charge in [0.1, 0.15) is 11.3 Å². The summed E-state index contributed by atoms with van der Waals surface area (Å²) in [4.78, 5) is 27.0. The Kier molecular flexibility index (Phi) is 6.24. The van der Waals surface area contributed by atoms with Crippen LogP contribution in [0.25, 0.3) is 28.2 Å². The minimum absolute atomic E-state index is 0.0415. The molecule has 6 rings (SSSR count). The summed E-state index contributed by atoms with van der Waals surface area (Å²) in [6.07, 6.45) is 3.55. The summed E-state index contributed by atoms with van der Waals surface area (Å²) in [5.41, 5.74) is 3.83. The molecule has 2 N–H and O–H groups in total. The van der Waals surface area contributed by atoms with Crippen LogP contribution in [-0.2, 0) is 6.54 Å². The fourth-order valence-electron chi connectivity index (χ4n) is 5.00. The molecule has 5 aromatic rings. The first-order valence-corrected chi connectivity index (χ1v) is 12.8. The third-order valence-electron chi connectivity index (χ3n) is 6.94. The van der Waals surface area contributed by atoms with Crippen molar-refractivity contribution >= 4 is 17.0 Å². The van der Waals surface area contributed by atoms with E-state index in [4.69, 9.17) is 5.10 Å². The molecule has 0 bridgehead atoms. The van der Waals surface area contributed by atoms with Crippen molar-refractivity contribution in [1.29, 1.82) is 0 Å². The fraction of sp³-hybridized carbons (Fsp3) is 0.286. The lowest BCUT2D eigenvalue weighted by atomic mass is 9.96. The van der Waals surface area contributed by atoms with E-state index in [2.05, 4.69) is 25.2 Å². The molecule has 0 unspecified atom stereocenters. The maximum Gasteiger partial charge on any atom is 0.328 e. The first kappa shape index (κ1) is 24.1. The summed E-state index contributed by atoms with van der Waals surface area (Å²) < 4.78 is 18.0. The van der Waals surface area contributed by atoms with E-state index in [-0.39, 0.29) is 17.4 Å². The van der Waals surface area contributed by atoms with E-state index < -0.39 is 0 Å². The van der Waals surface area contributed by atoms with Crippen LogP contribution in [-0.4, -0.2) is 55.5 Å². The molecule has 0 aliphatic carbocycles. The third kappa shape index (κ3) is 4.47. The number of nitrogens with one attached hydrogen (secondary N) is 2. The smallest absolute Gasteiger partial charge is 0.328 e. The zero-order chi connectivity index (χ0) is 26.2. The zero-order valence-electron chi connectivity index (χ0n) is 21.4. The Morgan fingerprint density at radius 3 is 2.61 bits per heavy atom. The van der Waals surface area contributed by atoms with Crippen LogP contribution in [0.2, 0.25) is 0 Å². The molecular weight excluding hydrogens is 483 g/mol. The van der Waals surface area contributed by atoms with Crippen molar-refractivity contribution in [3.05, 3.63) is 88.4 Å². The molecule has 1 aliphatic rings. The van der Waals surface area contributed by atoms with Gasteiger partial charge in [0, 0.05) is 49.6 Å². The number of hydrogen-bond acceptors (Lipinski definition) is 6. The van der Waals surface area contributed by atoms with Gasteiger partial charge in [0.25, 0.3) is 0 Å². The van der Waals surface area contributed by atoms with E-state index in [0.29, 0.717) is 34.7 Å². The maximum absolute atomic E-state index is 14.6. The molecule has 0 amide bonds. The minimum Gasteiger partial charge on any atom is -0.353 e. The van der Waals surface area contributed by atoms with Crippen LogP contribution < -0.4 is 15.9 Å². The maximum atomic E-state index is 14.6. The van der Waals surface area contributed by atoms with Crippen molar-refractivity contribution in [3.8, 4) is 17.1 Å². The summed E-state index contributed by atoms with van der Waals surface area (Å²) in [6.45, 7) is 8.01. The summed E-state index contributed by atoms with van der Waals surface area (Å²) in [5, 5.41) is 8.10. The van der Waals surface area contributed by atoms with Gasteiger partial charge in [-0.15, -0.1) is 0 Å². The second-order valence-corrected chi connectivity index (χ2v) is 9.82. The number of anilines is 1. The molecule has 0 atom stereocenters.